The maximum atomic E-state index is 12.9. The van der Waals surface area contributed by atoms with E-state index in [1.165, 1.54) is 5.69 Å². The molecule has 6 heteroatoms. The molecule has 1 atom stereocenters. The van der Waals surface area contributed by atoms with Crippen LogP contribution in [0.25, 0.3) is 5.69 Å². The first-order valence-electron chi connectivity index (χ1n) is 9.98. The molecule has 1 aliphatic rings. The molecule has 2 heterocycles. The average Bonchev–Trinajstić information content (AvgIpc) is 3.36. The fourth-order valence-corrected chi connectivity index (χ4v) is 3.97. The van der Waals surface area contributed by atoms with Crippen molar-refractivity contribution < 1.29 is 4.79 Å². The van der Waals surface area contributed by atoms with Crippen LogP contribution in [0.15, 0.2) is 36.4 Å². The smallest absolute Gasteiger partial charge is 0.272 e. The van der Waals surface area contributed by atoms with Crippen LogP contribution in [-0.2, 0) is 19.4 Å². The highest BCUT2D eigenvalue weighted by Gasteiger charge is 2.27. The largest absolute Gasteiger partial charge is 0.350 e. The Hall–Kier alpha value is -2.89. The van der Waals surface area contributed by atoms with Crippen LogP contribution in [0, 0.1) is 19.8 Å². The molecule has 28 heavy (non-hydrogen) atoms. The third kappa shape index (κ3) is 3.59. The standard InChI is InChI=1S/C22H27N5O/c1-15(14-26-17(3)12-16(2)24-26)13-23-22(28)21-19-10-7-11-20(19)27(25-21)18-8-5-4-6-9-18/h4-6,8-9,12,15H,7,10-11,13-14H2,1-3H3,(H,23,28). The van der Waals surface area contributed by atoms with E-state index in [0.717, 1.165) is 48.4 Å². The van der Waals surface area contributed by atoms with Gasteiger partial charge in [-0.05, 0) is 57.2 Å². The van der Waals surface area contributed by atoms with Crippen LogP contribution < -0.4 is 5.32 Å². The number of hydrogen-bond donors (Lipinski definition) is 1. The molecule has 1 aliphatic carbocycles. The molecule has 0 spiro atoms. The molecule has 1 unspecified atom stereocenters. The van der Waals surface area contributed by atoms with Crippen molar-refractivity contribution in [2.45, 2.75) is 46.6 Å². The maximum Gasteiger partial charge on any atom is 0.272 e. The number of amides is 1. The summed E-state index contributed by atoms with van der Waals surface area (Å²) in [7, 11) is 0. The normalized spacial score (nSPS) is 14.1. The Bertz CT molecular complexity index is 986. The summed E-state index contributed by atoms with van der Waals surface area (Å²) in [6.45, 7) is 7.58. The van der Waals surface area contributed by atoms with Crippen LogP contribution in [0.4, 0.5) is 0 Å². The predicted octanol–water partition coefficient (Wildman–Crippen LogP) is 3.24. The van der Waals surface area contributed by atoms with Crippen LogP contribution in [-0.4, -0.2) is 32.0 Å². The summed E-state index contributed by atoms with van der Waals surface area (Å²) in [6.07, 6.45) is 2.97. The van der Waals surface area contributed by atoms with Crippen molar-refractivity contribution >= 4 is 5.91 Å². The van der Waals surface area contributed by atoms with E-state index in [0.29, 0.717) is 12.2 Å². The lowest BCUT2D eigenvalue weighted by Crippen LogP contribution is -2.31. The molecule has 4 rings (SSSR count). The number of fused-ring (bicyclic) bond motifs is 1. The number of nitrogens with zero attached hydrogens (tertiary/aromatic N) is 4. The molecule has 2 aromatic heterocycles. The zero-order chi connectivity index (χ0) is 19.7. The summed E-state index contributed by atoms with van der Waals surface area (Å²) in [5.74, 6) is 0.208. The minimum absolute atomic E-state index is 0.0759. The number of hydrogen-bond acceptors (Lipinski definition) is 3. The highest BCUT2D eigenvalue weighted by molar-refractivity contribution is 5.94. The number of carbonyl (C=O) groups is 1. The molecule has 1 amide bonds. The molecule has 0 bridgehead atoms. The minimum Gasteiger partial charge on any atom is -0.350 e. The lowest BCUT2D eigenvalue weighted by molar-refractivity contribution is 0.0940. The van der Waals surface area contributed by atoms with Gasteiger partial charge in [-0.3, -0.25) is 9.48 Å². The van der Waals surface area contributed by atoms with Crippen LogP contribution in [0.5, 0.6) is 0 Å². The van der Waals surface area contributed by atoms with E-state index in [9.17, 15) is 4.79 Å². The summed E-state index contributed by atoms with van der Waals surface area (Å²) in [5.41, 5.74) is 6.04. The molecule has 1 N–H and O–H groups in total. The summed E-state index contributed by atoms with van der Waals surface area (Å²) in [5, 5.41) is 12.3. The van der Waals surface area contributed by atoms with Gasteiger partial charge in [0.15, 0.2) is 5.69 Å². The highest BCUT2D eigenvalue weighted by atomic mass is 16.2. The Morgan fingerprint density at radius 3 is 2.68 bits per heavy atom. The molecule has 0 saturated carbocycles. The Balaban J connectivity index is 1.46. The molecule has 1 aromatic carbocycles. The first kappa shape index (κ1) is 18.5. The van der Waals surface area contributed by atoms with Crippen molar-refractivity contribution in [3.63, 3.8) is 0 Å². The molecule has 0 radical (unpaired) electrons. The second-order valence-electron chi connectivity index (χ2n) is 7.80. The number of para-hydroxylation sites is 1. The predicted molar refractivity (Wildman–Crippen MR) is 109 cm³/mol. The van der Waals surface area contributed by atoms with Crippen LogP contribution in [0.1, 0.15) is 46.5 Å². The van der Waals surface area contributed by atoms with Gasteiger partial charge in [0.25, 0.3) is 5.91 Å². The van der Waals surface area contributed by atoms with Gasteiger partial charge in [0, 0.05) is 30.0 Å². The third-order valence-electron chi connectivity index (χ3n) is 5.35. The zero-order valence-electron chi connectivity index (χ0n) is 16.8. The summed E-state index contributed by atoms with van der Waals surface area (Å²) < 4.78 is 3.95. The summed E-state index contributed by atoms with van der Waals surface area (Å²) in [6, 6.07) is 12.1. The zero-order valence-corrected chi connectivity index (χ0v) is 16.8. The van der Waals surface area contributed by atoms with Crippen molar-refractivity contribution in [1.82, 2.24) is 24.9 Å². The Morgan fingerprint density at radius 2 is 1.96 bits per heavy atom. The van der Waals surface area contributed by atoms with Crippen molar-refractivity contribution in [2.75, 3.05) is 6.54 Å². The molecule has 146 valence electrons. The monoisotopic (exact) mass is 377 g/mol. The van der Waals surface area contributed by atoms with Crippen LogP contribution >= 0.6 is 0 Å². The molecular formula is C22H27N5O. The fourth-order valence-electron chi connectivity index (χ4n) is 3.97. The number of aryl methyl sites for hydroxylation is 2. The first-order valence-corrected chi connectivity index (χ1v) is 9.98. The SMILES string of the molecule is Cc1cc(C)n(CC(C)CNC(=O)c2nn(-c3ccccc3)c3c2CCC3)n1. The second kappa shape index (κ2) is 7.62. The number of rotatable bonds is 6. The van der Waals surface area contributed by atoms with Crippen molar-refractivity contribution in [3.8, 4) is 5.69 Å². The van der Waals surface area contributed by atoms with Crippen molar-refractivity contribution in [2.24, 2.45) is 5.92 Å². The van der Waals surface area contributed by atoms with E-state index in [2.05, 4.69) is 35.4 Å². The number of nitrogens with one attached hydrogen (secondary N) is 1. The van der Waals surface area contributed by atoms with E-state index in [4.69, 9.17) is 0 Å². The van der Waals surface area contributed by atoms with E-state index in [1.807, 2.05) is 46.6 Å². The van der Waals surface area contributed by atoms with Gasteiger partial charge in [-0.25, -0.2) is 4.68 Å². The van der Waals surface area contributed by atoms with Gasteiger partial charge in [0.1, 0.15) is 0 Å². The van der Waals surface area contributed by atoms with Gasteiger partial charge in [-0.2, -0.15) is 10.2 Å². The van der Waals surface area contributed by atoms with Crippen molar-refractivity contribution in [1.29, 1.82) is 0 Å². The van der Waals surface area contributed by atoms with Gasteiger partial charge in [-0.1, -0.05) is 25.1 Å². The van der Waals surface area contributed by atoms with Gasteiger partial charge in [-0.15, -0.1) is 0 Å². The lowest BCUT2D eigenvalue weighted by Gasteiger charge is -2.13. The molecule has 0 aliphatic heterocycles. The molecule has 0 saturated heterocycles. The van der Waals surface area contributed by atoms with Gasteiger partial charge in [0.05, 0.1) is 11.4 Å². The van der Waals surface area contributed by atoms with Crippen molar-refractivity contribution in [3.05, 3.63) is 64.7 Å². The third-order valence-corrected chi connectivity index (χ3v) is 5.35. The quantitative estimate of drug-likeness (QED) is 0.717. The van der Waals surface area contributed by atoms with Gasteiger partial charge in [0.2, 0.25) is 0 Å². The lowest BCUT2D eigenvalue weighted by atomic mass is 10.1. The molecule has 6 nitrogen and oxygen atoms in total. The Kier molecular flexibility index (Phi) is 5.03. The second-order valence-corrected chi connectivity index (χ2v) is 7.80. The molecule has 3 aromatic rings. The minimum atomic E-state index is -0.0759. The Morgan fingerprint density at radius 1 is 1.18 bits per heavy atom. The van der Waals surface area contributed by atoms with E-state index in [-0.39, 0.29) is 11.8 Å². The molecule has 0 fully saturated rings. The average molecular weight is 377 g/mol. The highest BCUT2D eigenvalue weighted by Crippen LogP contribution is 2.27. The number of benzene rings is 1. The number of aromatic nitrogens is 4. The topological polar surface area (TPSA) is 64.7 Å². The van der Waals surface area contributed by atoms with E-state index in [1.54, 1.807) is 0 Å². The van der Waals surface area contributed by atoms with Gasteiger partial charge < -0.3 is 5.32 Å². The fraction of sp³-hybridized carbons (Fsp3) is 0.409. The van der Waals surface area contributed by atoms with Gasteiger partial charge >= 0.3 is 0 Å². The Labute approximate surface area is 165 Å². The maximum absolute atomic E-state index is 12.9. The summed E-state index contributed by atoms with van der Waals surface area (Å²) in [4.78, 5) is 12.9. The van der Waals surface area contributed by atoms with Crippen LogP contribution in [0.2, 0.25) is 0 Å². The van der Waals surface area contributed by atoms with E-state index >= 15 is 0 Å². The van der Waals surface area contributed by atoms with E-state index < -0.39 is 0 Å². The van der Waals surface area contributed by atoms with Crippen LogP contribution in [0.3, 0.4) is 0 Å². The first-order chi connectivity index (χ1) is 13.5. The number of carbonyl (C=O) groups excluding carboxylic acids is 1. The molecular weight excluding hydrogens is 350 g/mol. The summed E-state index contributed by atoms with van der Waals surface area (Å²) >= 11 is 0.